The monoisotopic (exact) mass is 233 g/mol. The summed E-state index contributed by atoms with van der Waals surface area (Å²) < 4.78 is 0. The largest absolute Gasteiger partial charge is 0.480 e. The molecule has 0 aliphatic carbocycles. The van der Waals surface area contributed by atoms with Crippen molar-refractivity contribution in [2.45, 2.75) is 26.4 Å². The number of nitrogens with zero attached hydrogens (tertiary/aromatic N) is 1. The highest BCUT2D eigenvalue weighted by Gasteiger charge is 2.37. The van der Waals surface area contributed by atoms with E-state index in [1.165, 1.54) is 4.90 Å². The van der Waals surface area contributed by atoms with Gasteiger partial charge in [0, 0.05) is 12.1 Å². The van der Waals surface area contributed by atoms with E-state index in [0.29, 0.717) is 12.1 Å². The Bertz CT molecular complexity index is 467. The van der Waals surface area contributed by atoms with Crippen LogP contribution in [0.5, 0.6) is 0 Å². The molecular formula is C13H15NO3. The molecule has 0 radical (unpaired) electrons. The number of hydrogen-bond acceptors (Lipinski definition) is 2. The third-order valence-electron chi connectivity index (χ3n) is 3.07. The van der Waals surface area contributed by atoms with E-state index in [4.69, 9.17) is 0 Å². The van der Waals surface area contributed by atoms with Crippen molar-refractivity contribution in [1.29, 1.82) is 0 Å². The van der Waals surface area contributed by atoms with Crippen LogP contribution in [0, 0.1) is 5.92 Å². The first-order valence-electron chi connectivity index (χ1n) is 5.64. The number of fused-ring (bicyclic) bond motifs is 1. The Labute approximate surface area is 99.9 Å². The van der Waals surface area contributed by atoms with Crippen LogP contribution in [0.25, 0.3) is 0 Å². The third-order valence-corrected chi connectivity index (χ3v) is 3.07. The van der Waals surface area contributed by atoms with Crippen LogP contribution >= 0.6 is 0 Å². The number of amides is 1. The number of carbonyl (C=O) groups is 2. The third kappa shape index (κ3) is 1.90. The normalized spacial score (nSPS) is 16.2. The molecule has 1 aromatic carbocycles. The van der Waals surface area contributed by atoms with E-state index in [2.05, 4.69) is 0 Å². The number of carbonyl (C=O) groups excluding carboxylic acids is 1. The molecule has 1 amide bonds. The summed E-state index contributed by atoms with van der Waals surface area (Å²) in [6.07, 6.45) is 0. The first-order valence-corrected chi connectivity index (χ1v) is 5.64. The van der Waals surface area contributed by atoms with Crippen LogP contribution in [0.4, 0.5) is 0 Å². The zero-order chi connectivity index (χ0) is 12.6. The van der Waals surface area contributed by atoms with Crippen molar-refractivity contribution in [3.8, 4) is 0 Å². The maximum atomic E-state index is 12.1. The quantitative estimate of drug-likeness (QED) is 0.865. The van der Waals surface area contributed by atoms with Crippen molar-refractivity contribution in [2.75, 3.05) is 0 Å². The molecule has 1 unspecified atom stereocenters. The molecule has 0 bridgehead atoms. The molecule has 0 saturated heterocycles. The van der Waals surface area contributed by atoms with E-state index < -0.39 is 12.0 Å². The first-order chi connectivity index (χ1) is 8.02. The van der Waals surface area contributed by atoms with Gasteiger partial charge >= 0.3 is 5.97 Å². The molecule has 1 heterocycles. The molecule has 17 heavy (non-hydrogen) atoms. The zero-order valence-electron chi connectivity index (χ0n) is 9.88. The van der Waals surface area contributed by atoms with Gasteiger partial charge in [-0.25, -0.2) is 4.79 Å². The Kier molecular flexibility index (Phi) is 2.88. The fourth-order valence-corrected chi connectivity index (χ4v) is 2.28. The summed E-state index contributed by atoms with van der Waals surface area (Å²) in [5.41, 5.74) is 1.53. The lowest BCUT2D eigenvalue weighted by molar-refractivity contribution is -0.144. The highest BCUT2D eigenvalue weighted by atomic mass is 16.4. The second kappa shape index (κ2) is 4.20. The van der Waals surface area contributed by atoms with Gasteiger partial charge in [-0.2, -0.15) is 0 Å². The summed E-state index contributed by atoms with van der Waals surface area (Å²) in [6, 6.07) is 6.52. The van der Waals surface area contributed by atoms with Gasteiger partial charge in [0.25, 0.3) is 5.91 Å². The summed E-state index contributed by atoms with van der Waals surface area (Å²) in [5, 5.41) is 9.21. The second-order valence-electron chi connectivity index (χ2n) is 4.62. The summed E-state index contributed by atoms with van der Waals surface area (Å²) in [6.45, 7) is 4.02. The lowest BCUT2D eigenvalue weighted by atomic mass is 10.0. The van der Waals surface area contributed by atoms with Crippen LogP contribution in [-0.2, 0) is 11.3 Å². The number of carboxylic acids is 1. The van der Waals surface area contributed by atoms with E-state index in [-0.39, 0.29) is 11.8 Å². The number of hydrogen-bond donors (Lipinski definition) is 1. The van der Waals surface area contributed by atoms with Crippen LogP contribution in [0.1, 0.15) is 29.8 Å². The van der Waals surface area contributed by atoms with Crippen molar-refractivity contribution in [1.82, 2.24) is 4.90 Å². The highest BCUT2D eigenvalue weighted by molar-refractivity contribution is 6.00. The predicted molar refractivity (Wildman–Crippen MR) is 62.6 cm³/mol. The number of carboxylic acid groups (broad SMARTS) is 1. The van der Waals surface area contributed by atoms with E-state index in [9.17, 15) is 14.7 Å². The van der Waals surface area contributed by atoms with Gasteiger partial charge in [-0.1, -0.05) is 32.0 Å². The Morgan fingerprint density at radius 2 is 2.00 bits per heavy atom. The molecule has 0 fully saturated rings. The van der Waals surface area contributed by atoms with E-state index >= 15 is 0 Å². The summed E-state index contributed by atoms with van der Waals surface area (Å²) in [5.74, 6) is -1.23. The average Bonchev–Trinajstić information content (AvgIpc) is 2.56. The Morgan fingerprint density at radius 1 is 1.35 bits per heavy atom. The van der Waals surface area contributed by atoms with Crippen molar-refractivity contribution in [3.63, 3.8) is 0 Å². The van der Waals surface area contributed by atoms with Crippen molar-refractivity contribution in [3.05, 3.63) is 35.4 Å². The predicted octanol–water partition coefficient (Wildman–Crippen LogP) is 1.75. The highest BCUT2D eigenvalue weighted by Crippen LogP contribution is 2.26. The van der Waals surface area contributed by atoms with Crippen molar-refractivity contribution >= 4 is 11.9 Å². The molecule has 0 spiro atoms. The molecule has 2 rings (SSSR count). The van der Waals surface area contributed by atoms with Gasteiger partial charge in [0.1, 0.15) is 6.04 Å². The lowest BCUT2D eigenvalue weighted by Gasteiger charge is -2.27. The second-order valence-corrected chi connectivity index (χ2v) is 4.62. The average molecular weight is 233 g/mol. The number of benzene rings is 1. The molecule has 1 aromatic rings. The molecular weight excluding hydrogens is 218 g/mol. The van der Waals surface area contributed by atoms with Crippen LogP contribution in [0.3, 0.4) is 0 Å². The Hall–Kier alpha value is -1.84. The van der Waals surface area contributed by atoms with Crippen LogP contribution in [0.2, 0.25) is 0 Å². The lowest BCUT2D eigenvalue weighted by Crippen LogP contribution is -2.44. The molecule has 0 saturated carbocycles. The fourth-order valence-electron chi connectivity index (χ4n) is 2.28. The van der Waals surface area contributed by atoms with Crippen molar-refractivity contribution in [2.24, 2.45) is 5.92 Å². The summed E-state index contributed by atoms with van der Waals surface area (Å²) in [7, 11) is 0. The Morgan fingerprint density at radius 3 is 2.53 bits per heavy atom. The molecule has 1 aliphatic rings. The minimum Gasteiger partial charge on any atom is -0.480 e. The van der Waals surface area contributed by atoms with E-state index in [1.807, 2.05) is 26.0 Å². The summed E-state index contributed by atoms with van der Waals surface area (Å²) in [4.78, 5) is 24.8. The molecule has 1 aliphatic heterocycles. The van der Waals surface area contributed by atoms with E-state index in [1.54, 1.807) is 12.1 Å². The molecule has 90 valence electrons. The fraction of sp³-hybridized carbons (Fsp3) is 0.385. The summed E-state index contributed by atoms with van der Waals surface area (Å²) >= 11 is 0. The van der Waals surface area contributed by atoms with Gasteiger partial charge in [0.05, 0.1) is 0 Å². The van der Waals surface area contributed by atoms with Gasteiger partial charge in [-0.15, -0.1) is 0 Å². The number of rotatable bonds is 3. The molecule has 0 aromatic heterocycles. The van der Waals surface area contributed by atoms with Crippen LogP contribution in [0.15, 0.2) is 24.3 Å². The SMILES string of the molecule is CC(C)C(C(=O)O)N1Cc2ccccc2C1=O. The van der Waals surface area contributed by atoms with Gasteiger partial charge in [0.15, 0.2) is 0 Å². The van der Waals surface area contributed by atoms with Crippen LogP contribution in [-0.4, -0.2) is 27.9 Å². The first kappa shape index (κ1) is 11.6. The van der Waals surface area contributed by atoms with Gasteiger partial charge in [-0.05, 0) is 17.5 Å². The molecule has 1 atom stereocenters. The van der Waals surface area contributed by atoms with Crippen molar-refractivity contribution < 1.29 is 14.7 Å². The minimum absolute atomic E-state index is 0.106. The topological polar surface area (TPSA) is 57.6 Å². The number of aliphatic carboxylic acids is 1. The van der Waals surface area contributed by atoms with Gasteiger partial charge in [-0.3, -0.25) is 4.79 Å². The van der Waals surface area contributed by atoms with Gasteiger partial charge < -0.3 is 10.0 Å². The van der Waals surface area contributed by atoms with Gasteiger partial charge in [0.2, 0.25) is 0 Å². The smallest absolute Gasteiger partial charge is 0.326 e. The zero-order valence-corrected chi connectivity index (χ0v) is 9.88. The maximum absolute atomic E-state index is 12.1. The molecule has 4 heteroatoms. The van der Waals surface area contributed by atoms with Crippen LogP contribution < -0.4 is 0 Å². The maximum Gasteiger partial charge on any atom is 0.326 e. The minimum atomic E-state index is -0.943. The molecule has 4 nitrogen and oxygen atoms in total. The van der Waals surface area contributed by atoms with E-state index in [0.717, 1.165) is 5.56 Å². The Balaban J connectivity index is 2.33. The molecule has 1 N–H and O–H groups in total. The standard InChI is InChI=1S/C13H15NO3/c1-8(2)11(13(16)17)14-7-9-5-3-4-6-10(9)12(14)15/h3-6,8,11H,7H2,1-2H3,(H,16,17).